The molecule has 53 heavy (non-hydrogen) atoms. The molecule has 4 aromatic carbocycles. The maximum absolute atomic E-state index is 6.24. The summed E-state index contributed by atoms with van der Waals surface area (Å²) in [6.45, 7) is 5.70. The highest BCUT2D eigenvalue weighted by atomic mass is 16.5. The third kappa shape index (κ3) is 16.6. The number of hydrogen-bond donors (Lipinski definition) is 2. The van der Waals surface area contributed by atoms with E-state index in [2.05, 4.69) is 29.8 Å². The smallest absolute Gasteiger partial charge is 0.228 e. The van der Waals surface area contributed by atoms with E-state index in [0.29, 0.717) is 65.2 Å². The minimum absolute atomic E-state index is 0.0613. The Labute approximate surface area is 314 Å². The van der Waals surface area contributed by atoms with Gasteiger partial charge in [0.2, 0.25) is 5.96 Å². The van der Waals surface area contributed by atoms with E-state index in [4.69, 9.17) is 40.4 Å². The van der Waals surface area contributed by atoms with Gasteiger partial charge in [0.25, 0.3) is 0 Å². The number of nitrogens with zero attached hydrogens (tertiary/aromatic N) is 4. The standard InChI is InChI=1S/C43H52N6O4/c1-36(30-52-33-39-20-10-4-11-21-39)49(41(25-26-46-42(44)45)24-14-15-28-50-31-37-16-6-2-7-17-37)43(48-35-53-34-40-22-12-5-13-23-40)47-27-29-51-32-38-18-8-3-9-19-38/h2-13,16-23,26,35-36H,14-15,24,27-34H2,1H3,(H4,44,45,46). The van der Waals surface area contributed by atoms with Crippen LogP contribution < -0.4 is 11.5 Å². The topological polar surface area (TPSA) is 129 Å². The van der Waals surface area contributed by atoms with Gasteiger partial charge in [-0.2, -0.15) is 4.99 Å². The lowest BCUT2D eigenvalue weighted by molar-refractivity contribution is 0.0849. The fourth-order valence-electron chi connectivity index (χ4n) is 5.23. The zero-order chi connectivity index (χ0) is 37.2. The number of allylic oxidation sites excluding steroid dienone is 1. The number of aliphatic imine (C=N–C) groups is 3. The predicted octanol–water partition coefficient (Wildman–Crippen LogP) is 7.37. The van der Waals surface area contributed by atoms with Crippen molar-refractivity contribution < 1.29 is 18.9 Å². The van der Waals surface area contributed by atoms with E-state index in [9.17, 15) is 0 Å². The molecule has 10 heteroatoms. The number of unbranched alkanes of at least 4 members (excludes halogenated alkanes) is 1. The number of hydrogen-bond acceptors (Lipinski definition) is 6. The Morgan fingerprint density at radius 2 is 1.19 bits per heavy atom. The van der Waals surface area contributed by atoms with Crippen LogP contribution >= 0.6 is 0 Å². The van der Waals surface area contributed by atoms with Crippen LogP contribution in [0.1, 0.15) is 48.4 Å². The van der Waals surface area contributed by atoms with Crippen LogP contribution in [0.3, 0.4) is 0 Å². The molecule has 0 fully saturated rings. The van der Waals surface area contributed by atoms with E-state index in [0.717, 1.165) is 40.8 Å². The third-order valence-electron chi connectivity index (χ3n) is 7.86. The molecular formula is C43H52N6O4. The monoisotopic (exact) mass is 716 g/mol. The highest BCUT2D eigenvalue weighted by Gasteiger charge is 2.23. The van der Waals surface area contributed by atoms with Crippen molar-refractivity contribution in [3.05, 3.63) is 161 Å². The van der Waals surface area contributed by atoms with Crippen molar-refractivity contribution in [1.82, 2.24) is 4.90 Å². The average molecular weight is 717 g/mol. The number of benzene rings is 4. The second-order valence-corrected chi connectivity index (χ2v) is 12.2. The van der Waals surface area contributed by atoms with Crippen LogP contribution in [0.2, 0.25) is 0 Å². The van der Waals surface area contributed by atoms with Crippen molar-refractivity contribution in [2.24, 2.45) is 26.4 Å². The highest BCUT2D eigenvalue weighted by molar-refractivity contribution is 5.88. The number of rotatable bonds is 22. The van der Waals surface area contributed by atoms with Crippen LogP contribution in [0.25, 0.3) is 0 Å². The normalized spacial score (nSPS) is 11.8. The summed E-state index contributed by atoms with van der Waals surface area (Å²) in [5, 5.41) is 0. The van der Waals surface area contributed by atoms with E-state index in [1.54, 1.807) is 0 Å². The lowest BCUT2D eigenvalue weighted by Gasteiger charge is -2.31. The molecule has 1 unspecified atom stereocenters. The molecule has 0 spiro atoms. The summed E-state index contributed by atoms with van der Waals surface area (Å²) in [4.78, 5) is 15.8. The van der Waals surface area contributed by atoms with Crippen molar-refractivity contribution in [2.45, 2.75) is 58.7 Å². The van der Waals surface area contributed by atoms with Gasteiger partial charge in [-0.3, -0.25) is 0 Å². The van der Waals surface area contributed by atoms with Crippen LogP contribution in [0.4, 0.5) is 0 Å². The molecule has 0 aromatic heterocycles. The van der Waals surface area contributed by atoms with E-state index in [-0.39, 0.29) is 12.0 Å². The Bertz CT molecular complexity index is 1720. The van der Waals surface area contributed by atoms with Gasteiger partial charge in [0.1, 0.15) is 6.61 Å². The van der Waals surface area contributed by atoms with Crippen LogP contribution in [-0.2, 0) is 45.4 Å². The zero-order valence-corrected chi connectivity index (χ0v) is 30.6. The van der Waals surface area contributed by atoms with E-state index < -0.39 is 0 Å². The van der Waals surface area contributed by atoms with Crippen LogP contribution in [0.15, 0.2) is 154 Å². The molecule has 1 atom stereocenters. The SMILES string of the molecule is CC(COCc1ccccc1)N(C(=C=CN=C(N)N)CCCCOCc1ccccc1)C(N=COCc1ccccc1)=NCCOCc1ccccc1. The molecule has 278 valence electrons. The molecule has 0 aliphatic rings. The first-order valence-electron chi connectivity index (χ1n) is 18.0. The molecule has 0 bridgehead atoms. The average Bonchev–Trinajstić information content (AvgIpc) is 3.18. The van der Waals surface area contributed by atoms with Crippen molar-refractivity contribution in [2.75, 3.05) is 26.4 Å². The summed E-state index contributed by atoms with van der Waals surface area (Å²) in [6, 6.07) is 40.0. The summed E-state index contributed by atoms with van der Waals surface area (Å²) >= 11 is 0. The first-order chi connectivity index (χ1) is 26.1. The molecule has 0 saturated heterocycles. The molecular weight excluding hydrogens is 665 g/mol. The number of guanidine groups is 2. The van der Waals surface area contributed by atoms with Crippen molar-refractivity contribution >= 4 is 18.3 Å². The van der Waals surface area contributed by atoms with E-state index in [1.165, 1.54) is 12.6 Å². The minimum atomic E-state index is -0.210. The van der Waals surface area contributed by atoms with Gasteiger partial charge >= 0.3 is 0 Å². The molecule has 0 radical (unpaired) electrons. The fourth-order valence-corrected chi connectivity index (χ4v) is 5.23. The van der Waals surface area contributed by atoms with Gasteiger partial charge in [-0.15, -0.1) is 0 Å². The van der Waals surface area contributed by atoms with Crippen LogP contribution in [-0.4, -0.2) is 55.6 Å². The van der Waals surface area contributed by atoms with Gasteiger partial charge in [0, 0.05) is 6.61 Å². The van der Waals surface area contributed by atoms with Crippen molar-refractivity contribution in [3.63, 3.8) is 0 Å². The fraction of sp³-hybridized carbons (Fsp3) is 0.302. The molecule has 0 amide bonds. The third-order valence-corrected chi connectivity index (χ3v) is 7.86. The Balaban J connectivity index is 1.56. The van der Waals surface area contributed by atoms with E-state index in [1.807, 2.05) is 114 Å². The van der Waals surface area contributed by atoms with Gasteiger partial charge in [0.15, 0.2) is 12.4 Å². The molecule has 0 aliphatic carbocycles. The molecule has 4 aromatic rings. The largest absolute Gasteiger partial charge is 0.478 e. The first-order valence-corrected chi connectivity index (χ1v) is 18.0. The maximum Gasteiger partial charge on any atom is 0.228 e. The maximum atomic E-state index is 6.24. The van der Waals surface area contributed by atoms with Crippen molar-refractivity contribution in [1.29, 1.82) is 0 Å². The Morgan fingerprint density at radius 1 is 0.679 bits per heavy atom. The molecule has 10 nitrogen and oxygen atoms in total. The van der Waals surface area contributed by atoms with Gasteiger partial charge in [0.05, 0.1) is 57.5 Å². The molecule has 0 heterocycles. The van der Waals surface area contributed by atoms with Gasteiger partial charge in [-0.25, -0.2) is 9.98 Å². The summed E-state index contributed by atoms with van der Waals surface area (Å²) < 4.78 is 24.1. The second kappa shape index (κ2) is 24.6. The summed E-state index contributed by atoms with van der Waals surface area (Å²) in [6.07, 6.45) is 5.18. The summed E-state index contributed by atoms with van der Waals surface area (Å²) in [7, 11) is 0. The molecule has 4 rings (SSSR count). The summed E-state index contributed by atoms with van der Waals surface area (Å²) in [5.74, 6) is 0.367. The Hall–Kier alpha value is -5.51. The molecule has 0 saturated carbocycles. The van der Waals surface area contributed by atoms with Crippen LogP contribution in [0.5, 0.6) is 0 Å². The molecule has 0 aliphatic heterocycles. The van der Waals surface area contributed by atoms with Gasteiger partial charge < -0.3 is 35.3 Å². The quantitative estimate of drug-likeness (QED) is 0.0376. The van der Waals surface area contributed by atoms with Crippen LogP contribution in [0, 0.1) is 0 Å². The number of ether oxygens (including phenoxy) is 4. The predicted molar refractivity (Wildman–Crippen MR) is 213 cm³/mol. The second-order valence-electron chi connectivity index (χ2n) is 12.2. The Morgan fingerprint density at radius 3 is 1.74 bits per heavy atom. The van der Waals surface area contributed by atoms with E-state index >= 15 is 0 Å². The minimum Gasteiger partial charge on any atom is -0.478 e. The zero-order valence-electron chi connectivity index (χ0n) is 30.6. The molecule has 4 N–H and O–H groups in total. The lowest BCUT2D eigenvalue weighted by atomic mass is 10.1. The first kappa shape index (κ1) is 40.3. The highest BCUT2D eigenvalue weighted by Crippen LogP contribution is 2.19. The Kier molecular flexibility index (Phi) is 18.7. The van der Waals surface area contributed by atoms with Gasteiger partial charge in [-0.1, -0.05) is 127 Å². The van der Waals surface area contributed by atoms with Crippen molar-refractivity contribution in [3.8, 4) is 0 Å². The summed E-state index contributed by atoms with van der Waals surface area (Å²) in [5.41, 5.74) is 19.8. The lowest BCUT2D eigenvalue weighted by Crippen LogP contribution is -2.40. The number of nitrogens with two attached hydrogens (primary N) is 2. The van der Waals surface area contributed by atoms with Gasteiger partial charge in [-0.05, 0) is 48.4 Å².